The molecule has 82 valence electrons. The lowest BCUT2D eigenvalue weighted by Crippen LogP contribution is -1.92. The molecule has 2 rings (SSSR count). The molecule has 1 aromatic carbocycles. The van der Waals surface area contributed by atoms with E-state index >= 15 is 0 Å². The van der Waals surface area contributed by atoms with Crippen molar-refractivity contribution in [2.75, 3.05) is 0 Å². The van der Waals surface area contributed by atoms with Gasteiger partial charge in [0, 0.05) is 18.3 Å². The Morgan fingerprint density at radius 2 is 2.00 bits per heavy atom. The summed E-state index contributed by atoms with van der Waals surface area (Å²) in [5, 5.41) is 0. The molecule has 1 aromatic heterocycles. The van der Waals surface area contributed by atoms with Gasteiger partial charge in [0.15, 0.2) is 0 Å². The Hall–Kier alpha value is -1.61. The van der Waals surface area contributed by atoms with Crippen LogP contribution in [0.15, 0.2) is 36.7 Å². The van der Waals surface area contributed by atoms with Gasteiger partial charge in [-0.3, -0.25) is 0 Å². The van der Waals surface area contributed by atoms with Gasteiger partial charge in [0.25, 0.3) is 0 Å². The first-order chi connectivity index (χ1) is 7.78. The number of alkyl halides is 1. The molecule has 2 aromatic rings. The van der Waals surface area contributed by atoms with E-state index in [0.29, 0.717) is 17.6 Å². The van der Waals surface area contributed by atoms with Crippen molar-refractivity contribution in [3.63, 3.8) is 0 Å². The quantitative estimate of drug-likeness (QED) is 0.765. The SMILES string of the molecule is Cc1cnc(Oc2cccc(CCl)c2)nc1. The molecule has 0 aliphatic heterocycles. The first kappa shape index (κ1) is 10.9. The Labute approximate surface area is 99.1 Å². The Balaban J connectivity index is 2.16. The Bertz CT molecular complexity index is 471. The second-order valence-electron chi connectivity index (χ2n) is 3.43. The zero-order chi connectivity index (χ0) is 11.4. The van der Waals surface area contributed by atoms with Gasteiger partial charge in [0.1, 0.15) is 5.75 Å². The van der Waals surface area contributed by atoms with Crippen LogP contribution in [-0.4, -0.2) is 9.97 Å². The van der Waals surface area contributed by atoms with Crippen LogP contribution in [0.4, 0.5) is 0 Å². The van der Waals surface area contributed by atoms with Crippen LogP contribution in [0.25, 0.3) is 0 Å². The third kappa shape index (κ3) is 2.70. The van der Waals surface area contributed by atoms with Crippen molar-refractivity contribution in [3.8, 4) is 11.8 Å². The Morgan fingerprint density at radius 3 is 2.69 bits per heavy atom. The predicted octanol–water partition coefficient (Wildman–Crippen LogP) is 3.32. The Morgan fingerprint density at radius 1 is 1.25 bits per heavy atom. The van der Waals surface area contributed by atoms with Crippen molar-refractivity contribution < 1.29 is 4.74 Å². The summed E-state index contributed by atoms with van der Waals surface area (Å²) >= 11 is 5.74. The number of hydrogen-bond acceptors (Lipinski definition) is 3. The Kier molecular flexibility index (Phi) is 3.37. The van der Waals surface area contributed by atoms with Crippen molar-refractivity contribution >= 4 is 11.6 Å². The number of benzene rings is 1. The molecule has 0 atom stereocenters. The van der Waals surface area contributed by atoms with Gasteiger partial charge in [-0.25, -0.2) is 9.97 Å². The van der Waals surface area contributed by atoms with Gasteiger partial charge in [-0.15, -0.1) is 11.6 Å². The minimum absolute atomic E-state index is 0.345. The van der Waals surface area contributed by atoms with E-state index in [-0.39, 0.29) is 0 Å². The number of aromatic nitrogens is 2. The van der Waals surface area contributed by atoms with Crippen LogP contribution < -0.4 is 4.74 Å². The molecule has 0 amide bonds. The summed E-state index contributed by atoms with van der Waals surface area (Å²) in [5.41, 5.74) is 2.01. The van der Waals surface area contributed by atoms with Crippen LogP contribution in [0.3, 0.4) is 0 Å². The van der Waals surface area contributed by atoms with Crippen LogP contribution >= 0.6 is 11.6 Å². The van der Waals surface area contributed by atoms with E-state index < -0.39 is 0 Å². The zero-order valence-electron chi connectivity index (χ0n) is 8.85. The maximum Gasteiger partial charge on any atom is 0.321 e. The highest BCUT2D eigenvalue weighted by Gasteiger charge is 2.00. The molecule has 0 saturated carbocycles. The fourth-order valence-corrected chi connectivity index (χ4v) is 1.40. The molecule has 0 radical (unpaired) electrons. The van der Waals surface area contributed by atoms with Crippen LogP contribution in [0.1, 0.15) is 11.1 Å². The van der Waals surface area contributed by atoms with E-state index in [4.69, 9.17) is 16.3 Å². The lowest BCUT2D eigenvalue weighted by molar-refractivity contribution is 0.441. The molecule has 0 fully saturated rings. The molecule has 1 heterocycles. The van der Waals surface area contributed by atoms with Crippen LogP contribution in [0.2, 0.25) is 0 Å². The van der Waals surface area contributed by atoms with Crippen molar-refractivity contribution in [2.24, 2.45) is 0 Å². The van der Waals surface area contributed by atoms with Crippen molar-refractivity contribution in [3.05, 3.63) is 47.8 Å². The highest BCUT2D eigenvalue weighted by molar-refractivity contribution is 6.17. The number of nitrogens with zero attached hydrogens (tertiary/aromatic N) is 2. The van der Waals surface area contributed by atoms with E-state index in [0.717, 1.165) is 11.1 Å². The fraction of sp³-hybridized carbons (Fsp3) is 0.167. The minimum atomic E-state index is 0.345. The second kappa shape index (κ2) is 4.94. The summed E-state index contributed by atoms with van der Waals surface area (Å²) in [7, 11) is 0. The maximum absolute atomic E-state index is 5.74. The normalized spacial score (nSPS) is 10.1. The molecule has 0 spiro atoms. The van der Waals surface area contributed by atoms with Crippen LogP contribution in [-0.2, 0) is 5.88 Å². The number of rotatable bonds is 3. The van der Waals surface area contributed by atoms with Crippen molar-refractivity contribution in [2.45, 2.75) is 12.8 Å². The molecule has 16 heavy (non-hydrogen) atoms. The topological polar surface area (TPSA) is 35.0 Å². The number of aryl methyl sites for hydroxylation is 1. The number of ether oxygens (including phenoxy) is 1. The third-order valence-corrected chi connectivity index (χ3v) is 2.33. The average Bonchev–Trinajstić information content (AvgIpc) is 2.32. The molecule has 0 saturated heterocycles. The predicted molar refractivity (Wildman–Crippen MR) is 62.8 cm³/mol. The van der Waals surface area contributed by atoms with Gasteiger partial charge in [-0.2, -0.15) is 0 Å². The monoisotopic (exact) mass is 234 g/mol. The first-order valence-electron chi connectivity index (χ1n) is 4.89. The lowest BCUT2D eigenvalue weighted by Gasteiger charge is -2.04. The largest absolute Gasteiger partial charge is 0.424 e. The van der Waals surface area contributed by atoms with Gasteiger partial charge < -0.3 is 4.74 Å². The van der Waals surface area contributed by atoms with E-state index in [9.17, 15) is 0 Å². The summed E-state index contributed by atoms with van der Waals surface area (Å²) < 4.78 is 5.49. The van der Waals surface area contributed by atoms with Gasteiger partial charge >= 0.3 is 6.01 Å². The average molecular weight is 235 g/mol. The summed E-state index contributed by atoms with van der Waals surface area (Å²) in [4.78, 5) is 8.13. The smallest absolute Gasteiger partial charge is 0.321 e. The molecule has 0 aliphatic carbocycles. The molecule has 0 unspecified atom stereocenters. The summed E-state index contributed by atoms with van der Waals surface area (Å²) in [6.07, 6.45) is 3.43. The number of hydrogen-bond donors (Lipinski definition) is 0. The fourth-order valence-electron chi connectivity index (χ4n) is 1.23. The van der Waals surface area contributed by atoms with Crippen LogP contribution in [0.5, 0.6) is 11.8 Å². The first-order valence-corrected chi connectivity index (χ1v) is 5.43. The highest BCUT2D eigenvalue weighted by Crippen LogP contribution is 2.19. The summed E-state index contributed by atoms with van der Waals surface area (Å²) in [6.45, 7) is 1.93. The van der Waals surface area contributed by atoms with Gasteiger partial charge in [0.05, 0.1) is 0 Å². The highest BCUT2D eigenvalue weighted by atomic mass is 35.5. The zero-order valence-corrected chi connectivity index (χ0v) is 9.61. The van der Waals surface area contributed by atoms with E-state index in [1.165, 1.54) is 0 Å². The molecule has 3 nitrogen and oxygen atoms in total. The van der Waals surface area contributed by atoms with Crippen LogP contribution in [0, 0.1) is 6.92 Å². The molecular formula is C12H11ClN2O. The van der Waals surface area contributed by atoms with Gasteiger partial charge in [-0.1, -0.05) is 12.1 Å². The lowest BCUT2D eigenvalue weighted by atomic mass is 10.2. The minimum Gasteiger partial charge on any atom is -0.424 e. The van der Waals surface area contributed by atoms with Crippen molar-refractivity contribution in [1.82, 2.24) is 9.97 Å². The van der Waals surface area contributed by atoms with Gasteiger partial charge in [-0.05, 0) is 30.2 Å². The second-order valence-corrected chi connectivity index (χ2v) is 3.69. The maximum atomic E-state index is 5.74. The molecule has 0 N–H and O–H groups in total. The third-order valence-electron chi connectivity index (χ3n) is 2.02. The summed E-state index contributed by atoms with van der Waals surface area (Å²) in [5.74, 6) is 1.16. The standard InChI is InChI=1S/C12H11ClN2O/c1-9-7-14-12(15-8-9)16-11-4-2-3-10(5-11)6-13/h2-5,7-8H,6H2,1H3. The summed E-state index contributed by atoms with van der Waals surface area (Å²) in [6, 6.07) is 7.89. The van der Waals surface area contributed by atoms with Crippen molar-refractivity contribution in [1.29, 1.82) is 0 Å². The number of halogens is 1. The molecule has 0 aliphatic rings. The molecule has 4 heteroatoms. The van der Waals surface area contributed by atoms with E-state index in [1.54, 1.807) is 12.4 Å². The van der Waals surface area contributed by atoms with E-state index in [1.807, 2.05) is 31.2 Å². The van der Waals surface area contributed by atoms with E-state index in [2.05, 4.69) is 9.97 Å². The molecular weight excluding hydrogens is 224 g/mol. The van der Waals surface area contributed by atoms with Gasteiger partial charge in [0.2, 0.25) is 0 Å². The molecule has 0 bridgehead atoms.